The smallest absolute Gasteiger partial charge is 0.0641 e. The molecule has 0 aromatic carbocycles. The zero-order valence-corrected chi connectivity index (χ0v) is 12.2. The van der Waals surface area contributed by atoms with E-state index in [0.717, 1.165) is 25.2 Å². The Morgan fingerprint density at radius 2 is 2.11 bits per heavy atom. The van der Waals surface area contributed by atoms with Crippen LogP contribution in [0.2, 0.25) is 0 Å². The summed E-state index contributed by atoms with van der Waals surface area (Å²) >= 11 is 0. The molecular weight excluding hydrogens is 238 g/mol. The Morgan fingerprint density at radius 1 is 1.32 bits per heavy atom. The molecule has 5 nitrogen and oxygen atoms in total. The van der Waals surface area contributed by atoms with Gasteiger partial charge in [0.05, 0.1) is 11.9 Å². The Labute approximate surface area is 114 Å². The van der Waals surface area contributed by atoms with Crippen molar-refractivity contribution in [3.63, 3.8) is 0 Å². The molecule has 5 heteroatoms. The van der Waals surface area contributed by atoms with Crippen LogP contribution >= 0.6 is 0 Å². The van der Waals surface area contributed by atoms with Gasteiger partial charge in [0.15, 0.2) is 0 Å². The van der Waals surface area contributed by atoms with E-state index in [4.69, 9.17) is 0 Å². The molecule has 0 aliphatic rings. The van der Waals surface area contributed by atoms with Gasteiger partial charge in [-0.25, -0.2) is 0 Å². The number of nitrogens with one attached hydrogen (secondary N) is 1. The van der Waals surface area contributed by atoms with Crippen molar-refractivity contribution in [2.45, 2.75) is 39.8 Å². The van der Waals surface area contributed by atoms with E-state index in [-0.39, 0.29) is 0 Å². The molecule has 104 valence electrons. The molecule has 19 heavy (non-hydrogen) atoms. The quantitative estimate of drug-likeness (QED) is 0.863. The highest BCUT2D eigenvalue weighted by Gasteiger charge is 2.16. The van der Waals surface area contributed by atoms with E-state index >= 15 is 0 Å². The Kier molecular flexibility index (Phi) is 4.37. The Balaban J connectivity index is 2.18. The van der Waals surface area contributed by atoms with Crippen LogP contribution in [0.4, 0.5) is 0 Å². The standard InChI is InChI=1S/C14H23N5/c1-5-15-14(13-10-18(4)17-11(13)3)7-12-8-16-19(6-2)9-12/h8-10,14-15H,5-7H2,1-4H3. The first-order valence-electron chi connectivity index (χ1n) is 6.88. The normalized spacial score (nSPS) is 12.8. The summed E-state index contributed by atoms with van der Waals surface area (Å²) in [6.07, 6.45) is 7.13. The van der Waals surface area contributed by atoms with Gasteiger partial charge in [0, 0.05) is 37.6 Å². The van der Waals surface area contributed by atoms with Gasteiger partial charge >= 0.3 is 0 Å². The van der Waals surface area contributed by atoms with Crippen molar-refractivity contribution in [1.82, 2.24) is 24.9 Å². The highest BCUT2D eigenvalue weighted by Crippen LogP contribution is 2.20. The lowest BCUT2D eigenvalue weighted by Gasteiger charge is -2.16. The molecule has 1 unspecified atom stereocenters. The van der Waals surface area contributed by atoms with Crippen LogP contribution in [0.15, 0.2) is 18.6 Å². The molecule has 2 rings (SSSR count). The number of rotatable bonds is 6. The third-order valence-electron chi connectivity index (χ3n) is 3.33. The fraction of sp³-hybridized carbons (Fsp3) is 0.571. The fourth-order valence-electron chi connectivity index (χ4n) is 2.42. The largest absolute Gasteiger partial charge is 0.310 e. The minimum absolute atomic E-state index is 0.299. The van der Waals surface area contributed by atoms with Gasteiger partial charge in [-0.3, -0.25) is 9.36 Å². The monoisotopic (exact) mass is 261 g/mol. The van der Waals surface area contributed by atoms with Crippen LogP contribution in [-0.2, 0) is 20.0 Å². The van der Waals surface area contributed by atoms with Crippen LogP contribution in [0.25, 0.3) is 0 Å². The van der Waals surface area contributed by atoms with Gasteiger partial charge in [0.1, 0.15) is 0 Å². The zero-order valence-electron chi connectivity index (χ0n) is 12.2. The van der Waals surface area contributed by atoms with Crippen molar-refractivity contribution < 1.29 is 0 Å². The average Bonchev–Trinajstić information content (AvgIpc) is 2.95. The van der Waals surface area contributed by atoms with Crippen LogP contribution < -0.4 is 5.32 Å². The molecule has 2 aromatic rings. The van der Waals surface area contributed by atoms with Crippen molar-refractivity contribution in [3.8, 4) is 0 Å². The maximum Gasteiger partial charge on any atom is 0.0641 e. The molecule has 0 saturated carbocycles. The molecule has 0 aliphatic carbocycles. The lowest BCUT2D eigenvalue weighted by molar-refractivity contribution is 0.546. The molecule has 0 amide bonds. The molecule has 0 radical (unpaired) electrons. The summed E-state index contributed by atoms with van der Waals surface area (Å²) in [5, 5.41) is 12.3. The Hall–Kier alpha value is -1.62. The van der Waals surface area contributed by atoms with Crippen LogP contribution in [0.1, 0.15) is 36.7 Å². The number of aromatic nitrogens is 4. The first kappa shape index (κ1) is 13.8. The van der Waals surface area contributed by atoms with Gasteiger partial charge in [0.2, 0.25) is 0 Å². The van der Waals surface area contributed by atoms with E-state index in [0.29, 0.717) is 6.04 Å². The van der Waals surface area contributed by atoms with E-state index in [9.17, 15) is 0 Å². The highest BCUT2D eigenvalue weighted by atomic mass is 15.3. The molecule has 2 heterocycles. The van der Waals surface area contributed by atoms with Gasteiger partial charge in [0.25, 0.3) is 0 Å². The van der Waals surface area contributed by atoms with Gasteiger partial charge < -0.3 is 5.32 Å². The maximum absolute atomic E-state index is 4.43. The second-order valence-corrected chi connectivity index (χ2v) is 4.86. The lowest BCUT2D eigenvalue weighted by atomic mass is 10.0. The topological polar surface area (TPSA) is 47.7 Å². The van der Waals surface area contributed by atoms with Crippen LogP contribution in [0, 0.1) is 6.92 Å². The maximum atomic E-state index is 4.43. The zero-order chi connectivity index (χ0) is 13.8. The van der Waals surface area contributed by atoms with Crippen molar-refractivity contribution in [1.29, 1.82) is 0 Å². The molecule has 0 saturated heterocycles. The predicted octanol–water partition coefficient (Wildman–Crippen LogP) is 1.84. The molecule has 0 bridgehead atoms. The summed E-state index contributed by atoms with van der Waals surface area (Å²) in [6, 6.07) is 0.299. The minimum Gasteiger partial charge on any atom is -0.310 e. The summed E-state index contributed by atoms with van der Waals surface area (Å²) in [4.78, 5) is 0. The molecular formula is C14H23N5. The average molecular weight is 261 g/mol. The Bertz CT molecular complexity index is 526. The molecule has 2 aromatic heterocycles. The van der Waals surface area contributed by atoms with Crippen LogP contribution in [0.5, 0.6) is 0 Å². The van der Waals surface area contributed by atoms with E-state index in [1.54, 1.807) is 0 Å². The molecule has 1 atom stereocenters. The van der Waals surface area contributed by atoms with E-state index in [2.05, 4.69) is 48.7 Å². The van der Waals surface area contributed by atoms with Crippen LogP contribution in [0.3, 0.4) is 0 Å². The van der Waals surface area contributed by atoms with Crippen molar-refractivity contribution in [2.24, 2.45) is 7.05 Å². The molecule has 0 aliphatic heterocycles. The third-order valence-corrected chi connectivity index (χ3v) is 3.33. The van der Waals surface area contributed by atoms with E-state index in [1.807, 2.05) is 22.6 Å². The van der Waals surface area contributed by atoms with E-state index < -0.39 is 0 Å². The molecule has 0 spiro atoms. The highest BCUT2D eigenvalue weighted by molar-refractivity contribution is 5.23. The SMILES string of the molecule is CCNC(Cc1cnn(CC)c1)c1cn(C)nc1C. The molecule has 1 N–H and O–H groups in total. The van der Waals surface area contributed by atoms with Crippen molar-refractivity contribution in [3.05, 3.63) is 35.4 Å². The lowest BCUT2D eigenvalue weighted by Crippen LogP contribution is -2.23. The summed E-state index contributed by atoms with van der Waals surface area (Å²) in [6.45, 7) is 8.16. The number of hydrogen-bond donors (Lipinski definition) is 1. The summed E-state index contributed by atoms with van der Waals surface area (Å²) in [5.41, 5.74) is 3.63. The number of hydrogen-bond acceptors (Lipinski definition) is 3. The van der Waals surface area contributed by atoms with Gasteiger partial charge in [-0.15, -0.1) is 0 Å². The first-order valence-corrected chi connectivity index (χ1v) is 6.88. The van der Waals surface area contributed by atoms with Crippen LogP contribution in [-0.4, -0.2) is 26.1 Å². The predicted molar refractivity (Wildman–Crippen MR) is 76.0 cm³/mol. The van der Waals surface area contributed by atoms with Gasteiger partial charge in [-0.1, -0.05) is 6.92 Å². The minimum atomic E-state index is 0.299. The number of nitrogens with zero attached hydrogens (tertiary/aromatic N) is 4. The summed E-state index contributed by atoms with van der Waals surface area (Å²) < 4.78 is 3.85. The number of likely N-dealkylation sites (N-methyl/N-ethyl adjacent to an activating group) is 1. The summed E-state index contributed by atoms with van der Waals surface area (Å²) in [7, 11) is 1.97. The Morgan fingerprint density at radius 3 is 2.63 bits per heavy atom. The summed E-state index contributed by atoms with van der Waals surface area (Å²) in [5.74, 6) is 0. The second-order valence-electron chi connectivity index (χ2n) is 4.86. The van der Waals surface area contributed by atoms with Crippen molar-refractivity contribution >= 4 is 0 Å². The second kappa shape index (κ2) is 6.02. The molecule has 0 fully saturated rings. The van der Waals surface area contributed by atoms with Gasteiger partial charge in [-0.2, -0.15) is 10.2 Å². The van der Waals surface area contributed by atoms with Gasteiger partial charge in [-0.05, 0) is 32.4 Å². The number of aryl methyl sites for hydroxylation is 3. The third kappa shape index (κ3) is 3.23. The first-order chi connectivity index (χ1) is 9.13. The fourth-order valence-corrected chi connectivity index (χ4v) is 2.42. The van der Waals surface area contributed by atoms with Crippen molar-refractivity contribution in [2.75, 3.05) is 6.54 Å². The van der Waals surface area contributed by atoms with E-state index in [1.165, 1.54) is 11.1 Å².